The minimum atomic E-state index is -0.0102. The van der Waals surface area contributed by atoms with Gasteiger partial charge in [0, 0.05) is 19.1 Å². The van der Waals surface area contributed by atoms with Crippen molar-refractivity contribution in [3.63, 3.8) is 0 Å². The van der Waals surface area contributed by atoms with Crippen LogP contribution in [0.3, 0.4) is 0 Å². The van der Waals surface area contributed by atoms with Gasteiger partial charge < -0.3 is 10.5 Å². The van der Waals surface area contributed by atoms with Gasteiger partial charge in [-0.15, -0.1) is 5.10 Å². The second-order valence-electron chi connectivity index (χ2n) is 4.68. The van der Waals surface area contributed by atoms with Gasteiger partial charge in [0.25, 0.3) is 0 Å². The largest absolute Gasteiger partial charge is 0.378 e. The molecule has 2 N–H and O–H groups in total. The highest BCUT2D eigenvalue weighted by Gasteiger charge is 2.34. The first-order valence-electron chi connectivity index (χ1n) is 6.53. The first-order valence-corrected chi connectivity index (χ1v) is 6.53. The number of aromatic nitrogens is 3. The van der Waals surface area contributed by atoms with E-state index in [9.17, 15) is 0 Å². The molecule has 5 heteroatoms. The molecule has 1 aromatic heterocycles. The van der Waals surface area contributed by atoms with Gasteiger partial charge in [-0.1, -0.05) is 19.1 Å². The van der Waals surface area contributed by atoms with E-state index in [-0.39, 0.29) is 12.1 Å². The zero-order valence-electron chi connectivity index (χ0n) is 10.7. The summed E-state index contributed by atoms with van der Waals surface area (Å²) in [6, 6.07) is -0.0102. The van der Waals surface area contributed by atoms with Gasteiger partial charge in [0.15, 0.2) is 0 Å². The van der Waals surface area contributed by atoms with Crippen LogP contribution in [0, 0.1) is 5.92 Å². The molecule has 17 heavy (non-hydrogen) atoms. The lowest BCUT2D eigenvalue weighted by atomic mass is 9.90. The first-order chi connectivity index (χ1) is 8.27. The van der Waals surface area contributed by atoms with Crippen LogP contribution in [0.1, 0.15) is 44.8 Å². The molecule has 5 nitrogen and oxygen atoms in total. The third kappa shape index (κ3) is 2.50. The number of aryl methyl sites for hydroxylation is 1. The second kappa shape index (κ2) is 5.60. The zero-order valence-corrected chi connectivity index (χ0v) is 10.7. The Kier molecular flexibility index (Phi) is 4.12. The molecule has 0 aromatic carbocycles. The summed E-state index contributed by atoms with van der Waals surface area (Å²) in [4.78, 5) is 0. The van der Waals surface area contributed by atoms with Gasteiger partial charge in [-0.25, -0.2) is 4.68 Å². The first kappa shape index (κ1) is 12.5. The topological polar surface area (TPSA) is 66.0 Å². The number of rotatable bonds is 5. The minimum absolute atomic E-state index is 0.0102. The molecular formula is C12H22N4O. The lowest BCUT2D eigenvalue weighted by molar-refractivity contribution is 0.0805. The molecule has 0 aliphatic carbocycles. The molecule has 96 valence electrons. The quantitative estimate of drug-likeness (QED) is 0.844. The molecule has 0 radical (unpaired) electrons. The van der Waals surface area contributed by atoms with Crippen molar-refractivity contribution >= 4 is 0 Å². The van der Waals surface area contributed by atoms with E-state index in [0.717, 1.165) is 38.1 Å². The van der Waals surface area contributed by atoms with Crippen LogP contribution in [-0.2, 0) is 11.3 Å². The standard InChI is InChI=1S/C12H22N4O/c1-3-6-16-10(8-14-15-16)12(13)9-5-7-17-11(9)4-2/h8-9,11-12H,3-7,13H2,1-2H3. The second-order valence-corrected chi connectivity index (χ2v) is 4.68. The highest BCUT2D eigenvalue weighted by molar-refractivity contribution is 5.05. The fraction of sp³-hybridized carbons (Fsp3) is 0.833. The Hall–Kier alpha value is -0.940. The molecule has 1 aliphatic rings. The maximum atomic E-state index is 6.36. The number of ether oxygens (including phenoxy) is 1. The summed E-state index contributed by atoms with van der Waals surface area (Å²) in [7, 11) is 0. The summed E-state index contributed by atoms with van der Waals surface area (Å²) >= 11 is 0. The van der Waals surface area contributed by atoms with Gasteiger partial charge in [-0.3, -0.25) is 0 Å². The van der Waals surface area contributed by atoms with Crippen LogP contribution in [-0.4, -0.2) is 27.7 Å². The minimum Gasteiger partial charge on any atom is -0.378 e. The van der Waals surface area contributed by atoms with E-state index in [1.54, 1.807) is 6.20 Å². The van der Waals surface area contributed by atoms with Crippen LogP contribution in [0.2, 0.25) is 0 Å². The molecule has 3 atom stereocenters. The average molecular weight is 238 g/mol. The van der Waals surface area contributed by atoms with Crippen molar-refractivity contribution in [1.82, 2.24) is 15.0 Å². The van der Waals surface area contributed by atoms with Gasteiger partial charge in [0.2, 0.25) is 0 Å². The summed E-state index contributed by atoms with van der Waals surface area (Å²) in [6.45, 7) is 5.99. The number of hydrogen-bond donors (Lipinski definition) is 1. The van der Waals surface area contributed by atoms with E-state index in [1.807, 2.05) is 4.68 Å². The van der Waals surface area contributed by atoms with Crippen molar-refractivity contribution in [2.75, 3.05) is 6.61 Å². The summed E-state index contributed by atoms with van der Waals surface area (Å²) in [5.74, 6) is 0.397. The van der Waals surface area contributed by atoms with Crippen LogP contribution in [0.4, 0.5) is 0 Å². The lowest BCUT2D eigenvalue weighted by Gasteiger charge is -2.23. The normalized spacial score (nSPS) is 26.3. The third-order valence-corrected chi connectivity index (χ3v) is 3.55. The van der Waals surface area contributed by atoms with Crippen LogP contribution < -0.4 is 5.73 Å². The average Bonchev–Trinajstić information content (AvgIpc) is 2.96. The fourth-order valence-electron chi connectivity index (χ4n) is 2.63. The van der Waals surface area contributed by atoms with Crippen molar-refractivity contribution in [1.29, 1.82) is 0 Å². The summed E-state index contributed by atoms with van der Waals surface area (Å²) in [5, 5.41) is 8.07. The van der Waals surface area contributed by atoms with E-state index in [4.69, 9.17) is 10.5 Å². The van der Waals surface area contributed by atoms with Crippen LogP contribution >= 0.6 is 0 Å². The predicted molar refractivity (Wildman–Crippen MR) is 65.4 cm³/mol. The Morgan fingerprint density at radius 1 is 1.59 bits per heavy atom. The number of nitrogens with zero attached hydrogens (tertiary/aromatic N) is 3. The molecule has 0 amide bonds. The SMILES string of the molecule is CCCn1nncc1C(N)C1CCOC1CC. The maximum absolute atomic E-state index is 6.36. The molecule has 0 spiro atoms. The maximum Gasteiger partial charge on any atom is 0.0758 e. The van der Waals surface area contributed by atoms with Crippen molar-refractivity contribution in [3.05, 3.63) is 11.9 Å². The smallest absolute Gasteiger partial charge is 0.0758 e. The van der Waals surface area contributed by atoms with Crippen molar-refractivity contribution in [2.24, 2.45) is 11.7 Å². The fourth-order valence-corrected chi connectivity index (χ4v) is 2.63. The van der Waals surface area contributed by atoms with Crippen LogP contribution in [0.25, 0.3) is 0 Å². The third-order valence-electron chi connectivity index (χ3n) is 3.55. The zero-order chi connectivity index (χ0) is 12.3. The monoisotopic (exact) mass is 238 g/mol. The van der Waals surface area contributed by atoms with Crippen molar-refractivity contribution in [3.8, 4) is 0 Å². The van der Waals surface area contributed by atoms with E-state index < -0.39 is 0 Å². The molecule has 2 rings (SSSR count). The lowest BCUT2D eigenvalue weighted by Crippen LogP contribution is -2.30. The molecule has 0 saturated carbocycles. The predicted octanol–water partition coefficient (Wildman–Crippen LogP) is 1.50. The van der Waals surface area contributed by atoms with Crippen LogP contribution in [0.15, 0.2) is 6.20 Å². The molecule has 1 aromatic rings. The van der Waals surface area contributed by atoms with Gasteiger partial charge in [0.1, 0.15) is 0 Å². The van der Waals surface area contributed by atoms with Gasteiger partial charge >= 0.3 is 0 Å². The highest BCUT2D eigenvalue weighted by atomic mass is 16.5. The van der Waals surface area contributed by atoms with Crippen molar-refractivity contribution in [2.45, 2.75) is 51.8 Å². The molecule has 3 unspecified atom stereocenters. The molecule has 1 fully saturated rings. The van der Waals surface area contributed by atoms with E-state index in [0.29, 0.717) is 5.92 Å². The summed E-state index contributed by atoms with van der Waals surface area (Å²) < 4.78 is 7.63. The molecule has 2 heterocycles. The Balaban J connectivity index is 2.12. The van der Waals surface area contributed by atoms with E-state index in [1.165, 1.54) is 0 Å². The van der Waals surface area contributed by atoms with Gasteiger partial charge in [-0.05, 0) is 19.3 Å². The number of nitrogens with two attached hydrogens (primary N) is 1. The van der Waals surface area contributed by atoms with E-state index >= 15 is 0 Å². The molecular weight excluding hydrogens is 216 g/mol. The molecule has 1 aliphatic heterocycles. The molecule has 1 saturated heterocycles. The van der Waals surface area contributed by atoms with Gasteiger partial charge in [0.05, 0.1) is 24.0 Å². The van der Waals surface area contributed by atoms with E-state index in [2.05, 4.69) is 24.2 Å². The van der Waals surface area contributed by atoms with Crippen molar-refractivity contribution < 1.29 is 4.74 Å². The summed E-state index contributed by atoms with van der Waals surface area (Å²) in [5.41, 5.74) is 7.40. The Morgan fingerprint density at radius 3 is 3.12 bits per heavy atom. The summed E-state index contributed by atoms with van der Waals surface area (Å²) in [6.07, 6.45) is 5.19. The Labute approximate surface area is 102 Å². The Bertz CT molecular complexity index is 352. The number of hydrogen-bond acceptors (Lipinski definition) is 4. The molecule has 0 bridgehead atoms. The Morgan fingerprint density at radius 2 is 2.41 bits per heavy atom. The highest BCUT2D eigenvalue weighted by Crippen LogP contribution is 2.32. The van der Waals surface area contributed by atoms with Gasteiger partial charge in [-0.2, -0.15) is 0 Å². The van der Waals surface area contributed by atoms with Crippen LogP contribution in [0.5, 0.6) is 0 Å².